The van der Waals surface area contributed by atoms with Crippen molar-refractivity contribution in [2.24, 2.45) is 0 Å². The summed E-state index contributed by atoms with van der Waals surface area (Å²) < 4.78 is 11.9. The Morgan fingerprint density at radius 2 is 1.04 bits per heavy atom. The van der Waals surface area contributed by atoms with Crippen molar-refractivity contribution in [2.45, 2.75) is 90.9 Å². The molecule has 0 bridgehead atoms. The zero-order chi connectivity index (χ0) is 35.2. The number of ether oxygens (including phenoxy) is 2. The highest BCUT2D eigenvalue weighted by molar-refractivity contribution is 5.85. The third-order valence-corrected chi connectivity index (χ3v) is 8.93. The Kier molecular flexibility index (Phi) is 16.5. The number of hydrogen-bond donors (Lipinski definition) is 0. The van der Waals surface area contributed by atoms with Gasteiger partial charge in [0.15, 0.2) is 0 Å². The molecule has 0 fully saturated rings. The third-order valence-electron chi connectivity index (χ3n) is 8.93. The third kappa shape index (κ3) is 12.4. The molecule has 0 unspecified atom stereocenters. The van der Waals surface area contributed by atoms with Crippen LogP contribution in [0.5, 0.6) is 11.5 Å². The molecule has 50 heavy (non-hydrogen) atoms. The molecule has 0 saturated heterocycles. The molecule has 258 valence electrons. The molecule has 0 radical (unpaired) electrons. The van der Waals surface area contributed by atoms with Crippen LogP contribution in [-0.2, 0) is 0 Å². The lowest BCUT2D eigenvalue weighted by Gasteiger charge is -2.09. The van der Waals surface area contributed by atoms with E-state index < -0.39 is 0 Å². The van der Waals surface area contributed by atoms with E-state index in [1.807, 2.05) is 72.8 Å². The maximum Gasteiger partial charge on any atom is 0.137 e. The van der Waals surface area contributed by atoms with Gasteiger partial charge in [0.25, 0.3) is 0 Å². The van der Waals surface area contributed by atoms with Gasteiger partial charge in [0.2, 0.25) is 0 Å². The Morgan fingerprint density at radius 1 is 0.560 bits per heavy atom. The van der Waals surface area contributed by atoms with E-state index in [4.69, 9.17) is 9.47 Å². The minimum absolute atomic E-state index is 0.0768. The topological polar surface area (TPSA) is 66.0 Å². The highest BCUT2D eigenvalue weighted by Gasteiger charge is 2.10. The van der Waals surface area contributed by atoms with Crippen molar-refractivity contribution in [2.75, 3.05) is 13.2 Å². The van der Waals surface area contributed by atoms with Gasteiger partial charge in [-0.2, -0.15) is 10.5 Å². The fourth-order valence-electron chi connectivity index (χ4n) is 5.93. The monoisotopic (exact) mass is 664 g/mol. The SMILES string of the molecule is CCCCCCCCOc1ccc(C2=CC=C/C(=C\C(=C(C#N)C#N)c3ccc(-c4ccc(OCCCCCCCC)cc4)cc3)C=C2)cc1. The fraction of sp³-hybridized carbons (Fsp3) is 0.348. The molecule has 0 N–H and O–H groups in total. The number of hydrogen-bond acceptors (Lipinski definition) is 4. The first-order valence-electron chi connectivity index (χ1n) is 18.5. The molecule has 1 aliphatic rings. The lowest BCUT2D eigenvalue weighted by Crippen LogP contribution is -1.97. The van der Waals surface area contributed by atoms with Crippen molar-refractivity contribution >= 4 is 11.1 Å². The second-order valence-corrected chi connectivity index (χ2v) is 12.8. The van der Waals surface area contributed by atoms with Crippen molar-refractivity contribution in [1.29, 1.82) is 10.5 Å². The van der Waals surface area contributed by atoms with Crippen molar-refractivity contribution in [3.8, 4) is 34.8 Å². The zero-order valence-electron chi connectivity index (χ0n) is 30.0. The van der Waals surface area contributed by atoms with Crippen LogP contribution in [0.15, 0.2) is 120 Å². The van der Waals surface area contributed by atoms with E-state index in [2.05, 4.69) is 62.4 Å². The first-order valence-corrected chi connectivity index (χ1v) is 18.5. The predicted molar refractivity (Wildman–Crippen MR) is 209 cm³/mol. The summed E-state index contributed by atoms with van der Waals surface area (Å²) in [4.78, 5) is 0. The molecule has 0 atom stereocenters. The molecule has 0 saturated carbocycles. The summed E-state index contributed by atoms with van der Waals surface area (Å²) in [6, 6.07) is 28.6. The van der Waals surface area contributed by atoms with Crippen LogP contribution in [0.25, 0.3) is 22.3 Å². The van der Waals surface area contributed by atoms with E-state index in [1.54, 1.807) is 0 Å². The van der Waals surface area contributed by atoms with Gasteiger partial charge in [-0.05, 0) is 76.6 Å². The number of rotatable bonds is 20. The van der Waals surface area contributed by atoms with Crippen molar-refractivity contribution < 1.29 is 9.47 Å². The number of nitriles is 2. The summed E-state index contributed by atoms with van der Waals surface area (Å²) in [5, 5.41) is 19.6. The van der Waals surface area contributed by atoms with Gasteiger partial charge in [-0.3, -0.25) is 0 Å². The zero-order valence-corrected chi connectivity index (χ0v) is 30.0. The molecule has 1 aliphatic carbocycles. The Labute approximate surface area is 300 Å². The summed E-state index contributed by atoms with van der Waals surface area (Å²) in [7, 11) is 0. The number of unbranched alkanes of at least 4 members (excludes halogenated alkanes) is 10. The standard InChI is InChI=1S/C46H52N2O2/c1-3-5-7-9-11-13-32-49-44-28-24-40(25-29-44)38-17-15-16-37(18-19-38)34-46(43(35-47)36-48)42-22-20-39(21-23-42)41-26-30-45(31-27-41)50-33-14-12-10-8-6-4-2/h15-31,34H,3-14,32-33H2,1-2H3/b37-34+. The van der Waals surface area contributed by atoms with Crippen molar-refractivity contribution in [1.82, 2.24) is 0 Å². The molecule has 0 amide bonds. The van der Waals surface area contributed by atoms with E-state index in [-0.39, 0.29) is 5.57 Å². The lowest BCUT2D eigenvalue weighted by molar-refractivity contribution is 0.304. The summed E-state index contributed by atoms with van der Waals surface area (Å²) >= 11 is 0. The largest absolute Gasteiger partial charge is 0.494 e. The Hall–Kier alpha value is -5.06. The van der Waals surface area contributed by atoms with Crippen LogP contribution in [0.4, 0.5) is 0 Å². The van der Waals surface area contributed by atoms with Crippen LogP contribution in [0.2, 0.25) is 0 Å². The maximum absolute atomic E-state index is 9.82. The van der Waals surface area contributed by atoms with E-state index in [9.17, 15) is 10.5 Å². The molecular weight excluding hydrogens is 613 g/mol. The first-order chi connectivity index (χ1) is 24.6. The molecular formula is C46H52N2O2. The average Bonchev–Trinajstić information content (AvgIpc) is 3.40. The predicted octanol–water partition coefficient (Wildman–Crippen LogP) is 12.8. The van der Waals surface area contributed by atoms with Crippen LogP contribution in [-0.4, -0.2) is 13.2 Å². The van der Waals surface area contributed by atoms with Gasteiger partial charge in [-0.25, -0.2) is 0 Å². The van der Waals surface area contributed by atoms with E-state index in [0.29, 0.717) is 5.57 Å². The summed E-state index contributed by atoms with van der Waals surface area (Å²) in [5.74, 6) is 1.78. The van der Waals surface area contributed by atoms with E-state index in [1.165, 1.54) is 64.2 Å². The normalized spacial score (nSPS) is 12.9. The van der Waals surface area contributed by atoms with Crippen molar-refractivity contribution in [3.05, 3.63) is 132 Å². The fourth-order valence-corrected chi connectivity index (χ4v) is 5.93. The smallest absolute Gasteiger partial charge is 0.137 e. The number of nitrogens with zero attached hydrogens (tertiary/aromatic N) is 2. The summed E-state index contributed by atoms with van der Waals surface area (Å²) in [5.41, 5.74) is 6.69. The van der Waals surface area contributed by atoms with Crippen LogP contribution in [0, 0.1) is 22.7 Å². The van der Waals surface area contributed by atoms with Gasteiger partial charge in [0.05, 0.1) is 13.2 Å². The number of benzene rings is 3. The van der Waals surface area contributed by atoms with Gasteiger partial charge < -0.3 is 9.47 Å². The molecule has 0 aliphatic heterocycles. The van der Waals surface area contributed by atoms with Gasteiger partial charge in [-0.15, -0.1) is 0 Å². The van der Waals surface area contributed by atoms with Crippen LogP contribution >= 0.6 is 0 Å². The molecule has 4 rings (SSSR count). The Balaban J connectivity index is 1.37. The van der Waals surface area contributed by atoms with Gasteiger partial charge in [0.1, 0.15) is 29.2 Å². The number of allylic oxidation sites excluding steroid dienone is 10. The second kappa shape index (κ2) is 21.8. The molecule has 4 nitrogen and oxygen atoms in total. The van der Waals surface area contributed by atoms with Crippen LogP contribution < -0.4 is 9.47 Å². The highest BCUT2D eigenvalue weighted by Crippen LogP contribution is 2.29. The molecule has 0 heterocycles. The molecule has 0 spiro atoms. The Bertz CT molecular complexity index is 1690. The molecule has 3 aromatic carbocycles. The maximum atomic E-state index is 9.82. The second-order valence-electron chi connectivity index (χ2n) is 12.8. The van der Waals surface area contributed by atoms with Gasteiger partial charge in [0, 0.05) is 5.57 Å². The summed E-state index contributed by atoms with van der Waals surface area (Å²) in [6.07, 6.45) is 27.0. The minimum atomic E-state index is 0.0768. The van der Waals surface area contributed by atoms with Gasteiger partial charge >= 0.3 is 0 Å². The van der Waals surface area contributed by atoms with E-state index >= 15 is 0 Å². The van der Waals surface area contributed by atoms with Gasteiger partial charge in [-0.1, -0.05) is 157 Å². The minimum Gasteiger partial charge on any atom is -0.494 e. The van der Waals surface area contributed by atoms with Crippen molar-refractivity contribution in [3.63, 3.8) is 0 Å². The van der Waals surface area contributed by atoms with E-state index in [0.717, 1.165) is 71.0 Å². The van der Waals surface area contributed by atoms with Crippen LogP contribution in [0.3, 0.4) is 0 Å². The molecule has 4 heteroatoms. The highest BCUT2D eigenvalue weighted by atomic mass is 16.5. The van der Waals surface area contributed by atoms with Crippen LogP contribution in [0.1, 0.15) is 102 Å². The molecule has 0 aromatic heterocycles. The molecule has 3 aromatic rings. The Morgan fingerprint density at radius 3 is 1.56 bits per heavy atom. The quantitative estimate of drug-likeness (QED) is 0.0890. The summed E-state index contributed by atoms with van der Waals surface area (Å²) in [6.45, 7) is 5.97. The average molecular weight is 665 g/mol. The lowest BCUT2D eigenvalue weighted by atomic mass is 9.95. The first kappa shape index (κ1) is 37.8.